The number of nitrogens with one attached hydrogen (secondary N) is 1. The molecule has 1 aliphatic carbocycles. The van der Waals surface area contributed by atoms with Crippen molar-refractivity contribution in [2.24, 2.45) is 0 Å². The van der Waals surface area contributed by atoms with Crippen molar-refractivity contribution in [2.45, 2.75) is 37.9 Å². The third-order valence-electron chi connectivity index (χ3n) is 5.81. The van der Waals surface area contributed by atoms with Gasteiger partial charge in [0.05, 0.1) is 11.3 Å². The number of benzene rings is 1. The van der Waals surface area contributed by atoms with Crippen LogP contribution in [0.3, 0.4) is 0 Å². The molecule has 0 spiro atoms. The van der Waals surface area contributed by atoms with Crippen LogP contribution >= 0.6 is 11.6 Å². The van der Waals surface area contributed by atoms with Crippen LogP contribution in [0.25, 0.3) is 0 Å². The zero-order chi connectivity index (χ0) is 24.1. The molecule has 33 heavy (non-hydrogen) atoms. The fourth-order valence-electron chi connectivity index (χ4n) is 4.15. The lowest BCUT2D eigenvalue weighted by Crippen LogP contribution is -2.47. The Morgan fingerprint density at radius 2 is 1.94 bits per heavy atom. The van der Waals surface area contributed by atoms with Gasteiger partial charge in [0.15, 0.2) is 5.82 Å². The first-order valence-electron chi connectivity index (χ1n) is 10.1. The van der Waals surface area contributed by atoms with Gasteiger partial charge < -0.3 is 10.2 Å². The number of rotatable bonds is 3. The number of carbonyl (C=O) groups is 2. The first-order valence-corrected chi connectivity index (χ1v) is 10.5. The van der Waals surface area contributed by atoms with Gasteiger partial charge in [0, 0.05) is 19.3 Å². The number of fused-ring (bicyclic) bond motifs is 1. The summed E-state index contributed by atoms with van der Waals surface area (Å²) in [5, 5.41) is 1.61. The molecule has 3 amide bonds. The van der Waals surface area contributed by atoms with Gasteiger partial charge in [0.2, 0.25) is 0 Å². The standard InChI is InChI=1S/C21H18ClF5N4O2/c1-30(14-7-6-12(23)17(22)18(14)24)19(32)15-9-28-20(33)31(15)16-8-11(21(25,26)27)10-4-2-3-5-13(10)29-16/h6-8,15H,2-5,9H2,1H3,(H,28,33)/t15-/m0/s1. The molecule has 2 aromatic rings. The highest BCUT2D eigenvalue weighted by Gasteiger charge is 2.43. The minimum atomic E-state index is -4.67. The molecule has 1 saturated heterocycles. The van der Waals surface area contributed by atoms with E-state index in [9.17, 15) is 31.5 Å². The quantitative estimate of drug-likeness (QED) is 0.512. The lowest BCUT2D eigenvalue weighted by Gasteiger charge is -2.28. The highest BCUT2D eigenvalue weighted by molar-refractivity contribution is 6.31. The van der Waals surface area contributed by atoms with Crippen molar-refractivity contribution in [3.63, 3.8) is 0 Å². The molecule has 1 N–H and O–H groups in total. The lowest BCUT2D eigenvalue weighted by atomic mass is 9.91. The van der Waals surface area contributed by atoms with Crippen LogP contribution in [0.5, 0.6) is 0 Å². The molecule has 1 aromatic heterocycles. The SMILES string of the molecule is CN(C(=O)[C@@H]1CNC(=O)N1c1cc(C(F)(F)F)c2c(n1)CCCC2)c1ccc(F)c(Cl)c1F. The van der Waals surface area contributed by atoms with E-state index < -0.39 is 46.4 Å². The summed E-state index contributed by atoms with van der Waals surface area (Å²) >= 11 is 5.59. The van der Waals surface area contributed by atoms with Crippen LogP contribution in [0, 0.1) is 11.6 Å². The first kappa shape index (κ1) is 23.2. The maximum absolute atomic E-state index is 14.4. The molecule has 1 atom stereocenters. The van der Waals surface area contributed by atoms with Gasteiger partial charge in [-0.15, -0.1) is 0 Å². The number of hydrogen-bond donors (Lipinski definition) is 1. The summed E-state index contributed by atoms with van der Waals surface area (Å²) in [6.45, 7) is -0.237. The van der Waals surface area contributed by atoms with Gasteiger partial charge in [0.1, 0.15) is 22.7 Å². The number of likely N-dealkylation sites (N-methyl/N-ethyl adjacent to an activating group) is 1. The number of amides is 3. The van der Waals surface area contributed by atoms with E-state index in [0.717, 1.165) is 28.0 Å². The molecular formula is C21H18ClF5N4O2. The van der Waals surface area contributed by atoms with Crippen LogP contribution < -0.4 is 15.1 Å². The van der Waals surface area contributed by atoms with E-state index in [0.29, 0.717) is 19.3 Å². The van der Waals surface area contributed by atoms with Gasteiger partial charge in [-0.25, -0.2) is 18.6 Å². The summed E-state index contributed by atoms with van der Waals surface area (Å²) in [5.74, 6) is -3.33. The van der Waals surface area contributed by atoms with E-state index in [1.54, 1.807) is 0 Å². The van der Waals surface area contributed by atoms with Crippen molar-refractivity contribution in [3.05, 3.63) is 51.7 Å². The Hall–Kier alpha value is -2.95. The third kappa shape index (κ3) is 4.09. The van der Waals surface area contributed by atoms with Crippen LogP contribution in [0.1, 0.15) is 29.7 Å². The van der Waals surface area contributed by atoms with Crippen molar-refractivity contribution in [3.8, 4) is 0 Å². The number of aryl methyl sites for hydroxylation is 1. The number of anilines is 2. The molecule has 2 aliphatic rings. The summed E-state index contributed by atoms with van der Waals surface area (Å²) < 4.78 is 69.2. The van der Waals surface area contributed by atoms with Gasteiger partial charge in [-0.3, -0.25) is 9.69 Å². The van der Waals surface area contributed by atoms with Gasteiger partial charge >= 0.3 is 12.2 Å². The zero-order valence-corrected chi connectivity index (χ0v) is 18.0. The predicted octanol–water partition coefficient (Wildman–Crippen LogP) is 4.47. The summed E-state index contributed by atoms with van der Waals surface area (Å²) in [5.41, 5.74) is -0.903. The Morgan fingerprint density at radius 3 is 2.64 bits per heavy atom. The fraction of sp³-hybridized carbons (Fsp3) is 0.381. The Morgan fingerprint density at radius 1 is 1.24 bits per heavy atom. The minimum absolute atomic E-state index is 0.0973. The molecule has 1 fully saturated rings. The van der Waals surface area contributed by atoms with E-state index in [1.807, 2.05) is 0 Å². The molecule has 1 aliphatic heterocycles. The molecule has 0 bridgehead atoms. The molecule has 0 saturated carbocycles. The highest BCUT2D eigenvalue weighted by Crippen LogP contribution is 2.39. The molecule has 4 rings (SSSR count). The van der Waals surface area contributed by atoms with Gasteiger partial charge in [-0.05, 0) is 49.4 Å². The molecule has 0 radical (unpaired) electrons. The van der Waals surface area contributed by atoms with Crippen LogP contribution in [0.15, 0.2) is 18.2 Å². The van der Waals surface area contributed by atoms with Crippen molar-refractivity contribution in [1.82, 2.24) is 10.3 Å². The van der Waals surface area contributed by atoms with Crippen molar-refractivity contribution in [2.75, 3.05) is 23.4 Å². The van der Waals surface area contributed by atoms with Crippen LogP contribution in [0.2, 0.25) is 5.02 Å². The summed E-state index contributed by atoms with van der Waals surface area (Å²) in [7, 11) is 1.19. The molecule has 176 valence electrons. The van der Waals surface area contributed by atoms with Crippen LogP contribution in [-0.4, -0.2) is 36.6 Å². The number of halogens is 6. The number of aromatic nitrogens is 1. The first-order chi connectivity index (χ1) is 15.5. The Balaban J connectivity index is 1.73. The van der Waals surface area contributed by atoms with E-state index >= 15 is 0 Å². The maximum Gasteiger partial charge on any atom is 0.416 e. The average Bonchev–Trinajstić information content (AvgIpc) is 3.16. The summed E-state index contributed by atoms with van der Waals surface area (Å²) in [6.07, 6.45) is -2.87. The number of nitrogens with zero attached hydrogens (tertiary/aromatic N) is 3. The zero-order valence-electron chi connectivity index (χ0n) is 17.3. The van der Waals surface area contributed by atoms with Crippen LogP contribution in [-0.2, 0) is 23.8 Å². The smallest absolute Gasteiger partial charge is 0.335 e. The van der Waals surface area contributed by atoms with E-state index in [1.165, 1.54) is 7.05 Å². The fourth-order valence-corrected chi connectivity index (χ4v) is 4.31. The van der Waals surface area contributed by atoms with Gasteiger partial charge in [-0.2, -0.15) is 13.2 Å². The van der Waals surface area contributed by atoms with Crippen molar-refractivity contribution in [1.29, 1.82) is 0 Å². The number of hydrogen-bond acceptors (Lipinski definition) is 3. The highest BCUT2D eigenvalue weighted by atomic mass is 35.5. The van der Waals surface area contributed by atoms with Crippen LogP contribution in [0.4, 0.5) is 38.3 Å². The lowest BCUT2D eigenvalue weighted by molar-refractivity contribution is -0.138. The Kier molecular flexibility index (Phi) is 5.94. The van der Waals surface area contributed by atoms with E-state index in [-0.39, 0.29) is 35.7 Å². The second-order valence-electron chi connectivity index (χ2n) is 7.82. The molecule has 0 unspecified atom stereocenters. The second-order valence-corrected chi connectivity index (χ2v) is 8.20. The number of pyridine rings is 1. The summed E-state index contributed by atoms with van der Waals surface area (Å²) in [6, 6.07) is 0.532. The second kappa shape index (κ2) is 8.44. The maximum atomic E-state index is 14.4. The average molecular weight is 489 g/mol. The Labute approximate surface area is 190 Å². The van der Waals surface area contributed by atoms with E-state index in [2.05, 4.69) is 10.3 Å². The largest absolute Gasteiger partial charge is 0.416 e. The normalized spacial score (nSPS) is 18.2. The molecular weight excluding hydrogens is 471 g/mol. The molecule has 6 nitrogen and oxygen atoms in total. The topological polar surface area (TPSA) is 65.5 Å². The van der Waals surface area contributed by atoms with Crippen molar-refractivity contribution < 1.29 is 31.5 Å². The van der Waals surface area contributed by atoms with Crippen molar-refractivity contribution >= 4 is 35.0 Å². The van der Waals surface area contributed by atoms with Gasteiger partial charge in [0.25, 0.3) is 5.91 Å². The van der Waals surface area contributed by atoms with E-state index in [4.69, 9.17) is 11.6 Å². The molecule has 2 heterocycles. The monoisotopic (exact) mass is 488 g/mol. The molecule has 1 aromatic carbocycles. The number of carbonyl (C=O) groups excluding carboxylic acids is 2. The summed E-state index contributed by atoms with van der Waals surface area (Å²) in [4.78, 5) is 31.6. The van der Waals surface area contributed by atoms with Gasteiger partial charge in [-0.1, -0.05) is 11.6 Å². The molecule has 12 heteroatoms. The Bertz CT molecular complexity index is 1140. The number of urea groups is 1. The third-order valence-corrected chi connectivity index (χ3v) is 6.15. The predicted molar refractivity (Wildman–Crippen MR) is 110 cm³/mol. The minimum Gasteiger partial charge on any atom is -0.335 e. The number of alkyl halides is 3.